The monoisotopic (exact) mass is 384 g/mol. The first kappa shape index (κ1) is 16.0. The molecule has 0 aliphatic heterocycles. The molecule has 3 N–H and O–H groups in total. The van der Waals surface area contributed by atoms with Crippen LogP contribution in [0.15, 0.2) is 15.4 Å². The lowest BCUT2D eigenvalue weighted by atomic mass is 10.1. The molecule has 0 radical (unpaired) electrons. The van der Waals surface area contributed by atoms with Gasteiger partial charge in [0, 0.05) is 6.04 Å². The van der Waals surface area contributed by atoms with E-state index in [9.17, 15) is 12.8 Å². The minimum absolute atomic E-state index is 0.0590. The quantitative estimate of drug-likeness (QED) is 0.619. The van der Waals surface area contributed by atoms with E-state index in [0.717, 1.165) is 25.3 Å². The summed E-state index contributed by atoms with van der Waals surface area (Å²) < 4.78 is 41.4. The number of sulfonamides is 1. The molecular weight excluding hydrogens is 371 g/mol. The highest BCUT2D eigenvalue weighted by molar-refractivity contribution is 9.10. The Hall–Kier alpha value is -0.370. The molecule has 0 aromatic heterocycles. The fourth-order valence-electron chi connectivity index (χ4n) is 2.38. The van der Waals surface area contributed by atoms with Crippen molar-refractivity contribution in [3.05, 3.63) is 21.4 Å². The van der Waals surface area contributed by atoms with E-state index in [2.05, 4.69) is 20.7 Å². The van der Waals surface area contributed by atoms with Gasteiger partial charge in [0.2, 0.25) is 10.0 Å². The molecule has 0 amide bonds. The summed E-state index contributed by atoms with van der Waals surface area (Å²) in [6, 6.07) is 0.891. The van der Waals surface area contributed by atoms with Gasteiger partial charge in [-0.15, -0.1) is 0 Å². The molecule has 1 aliphatic rings. The maximum Gasteiger partial charge on any atom is 0.243 e. The lowest BCUT2D eigenvalue weighted by molar-refractivity contribution is 0.473. The molecule has 8 heteroatoms. The number of halogens is 3. The molecule has 0 saturated heterocycles. The number of hydrogen-bond acceptors (Lipinski definition) is 3. The van der Waals surface area contributed by atoms with Crippen molar-refractivity contribution in [1.82, 2.24) is 4.72 Å². The van der Waals surface area contributed by atoms with Gasteiger partial charge < -0.3 is 5.73 Å². The first-order valence-corrected chi connectivity index (χ1v) is 8.84. The van der Waals surface area contributed by atoms with Crippen LogP contribution in [0.1, 0.15) is 26.2 Å². The van der Waals surface area contributed by atoms with E-state index < -0.39 is 20.7 Å². The van der Waals surface area contributed by atoms with E-state index >= 15 is 0 Å². The fraction of sp³-hybridized carbons (Fsp3) is 0.500. The van der Waals surface area contributed by atoms with Crippen LogP contribution in [0.5, 0.6) is 0 Å². The third-order valence-electron chi connectivity index (χ3n) is 3.61. The Balaban J connectivity index is 2.39. The van der Waals surface area contributed by atoms with Crippen molar-refractivity contribution in [2.75, 3.05) is 5.73 Å². The summed E-state index contributed by atoms with van der Waals surface area (Å²) in [5.41, 5.74) is 5.21. The van der Waals surface area contributed by atoms with Gasteiger partial charge in [0.15, 0.2) is 5.82 Å². The average Bonchev–Trinajstić information content (AvgIpc) is 2.76. The van der Waals surface area contributed by atoms with Gasteiger partial charge in [0.25, 0.3) is 0 Å². The van der Waals surface area contributed by atoms with Gasteiger partial charge >= 0.3 is 0 Å². The third-order valence-corrected chi connectivity index (χ3v) is 6.48. The smallest absolute Gasteiger partial charge is 0.243 e. The number of nitrogens with two attached hydrogens (primary N) is 1. The summed E-state index contributed by atoms with van der Waals surface area (Å²) in [7, 11) is -3.98. The van der Waals surface area contributed by atoms with Crippen LogP contribution in [0.3, 0.4) is 0 Å². The zero-order valence-electron chi connectivity index (χ0n) is 10.8. The van der Waals surface area contributed by atoms with E-state index in [0.29, 0.717) is 0 Å². The van der Waals surface area contributed by atoms with Crippen molar-refractivity contribution in [2.24, 2.45) is 5.92 Å². The van der Waals surface area contributed by atoms with Crippen LogP contribution in [0.25, 0.3) is 0 Å². The molecule has 1 aromatic carbocycles. The summed E-state index contributed by atoms with van der Waals surface area (Å²) in [6.45, 7) is 1.97. The van der Waals surface area contributed by atoms with Gasteiger partial charge in [0.05, 0.1) is 15.2 Å². The Morgan fingerprint density at radius 2 is 2.15 bits per heavy atom. The van der Waals surface area contributed by atoms with Crippen LogP contribution in [0, 0.1) is 11.7 Å². The van der Waals surface area contributed by atoms with Gasteiger partial charge in [-0.1, -0.05) is 24.9 Å². The largest absolute Gasteiger partial charge is 0.395 e. The van der Waals surface area contributed by atoms with Crippen molar-refractivity contribution in [1.29, 1.82) is 0 Å². The maximum atomic E-state index is 14.1. The normalized spacial score (nSPS) is 23.2. The Kier molecular flexibility index (Phi) is 4.63. The summed E-state index contributed by atoms with van der Waals surface area (Å²) in [4.78, 5) is -0.512. The van der Waals surface area contributed by atoms with Crippen LogP contribution in [0.4, 0.5) is 10.1 Å². The van der Waals surface area contributed by atoms with Crippen LogP contribution in [-0.4, -0.2) is 14.5 Å². The van der Waals surface area contributed by atoms with E-state index in [1.165, 1.54) is 0 Å². The van der Waals surface area contributed by atoms with Gasteiger partial charge in [0.1, 0.15) is 4.90 Å². The molecule has 2 unspecified atom stereocenters. The first-order valence-electron chi connectivity index (χ1n) is 6.19. The minimum atomic E-state index is -3.98. The van der Waals surface area contributed by atoms with Crippen LogP contribution >= 0.6 is 27.5 Å². The topological polar surface area (TPSA) is 72.2 Å². The Labute approximate surface area is 131 Å². The van der Waals surface area contributed by atoms with Crippen LogP contribution < -0.4 is 10.5 Å². The molecule has 1 saturated carbocycles. The molecule has 0 heterocycles. The molecule has 0 spiro atoms. The number of hydrogen-bond donors (Lipinski definition) is 2. The van der Waals surface area contributed by atoms with Gasteiger partial charge in [-0.2, -0.15) is 0 Å². The molecular formula is C12H15BrClFN2O2S. The van der Waals surface area contributed by atoms with Gasteiger partial charge in [-0.3, -0.25) is 0 Å². The lowest BCUT2D eigenvalue weighted by Crippen LogP contribution is -2.36. The van der Waals surface area contributed by atoms with Crippen molar-refractivity contribution in [3.63, 3.8) is 0 Å². The molecule has 1 aromatic rings. The molecule has 2 rings (SSSR count). The minimum Gasteiger partial charge on any atom is -0.395 e. The first-order chi connectivity index (χ1) is 9.24. The third kappa shape index (κ3) is 2.95. The summed E-state index contributed by atoms with van der Waals surface area (Å²) in [5.74, 6) is -0.754. The van der Waals surface area contributed by atoms with E-state index in [4.69, 9.17) is 17.3 Å². The highest BCUT2D eigenvalue weighted by Crippen LogP contribution is 2.35. The Morgan fingerprint density at radius 1 is 1.50 bits per heavy atom. The van der Waals surface area contributed by atoms with Crippen molar-refractivity contribution < 1.29 is 12.8 Å². The van der Waals surface area contributed by atoms with E-state index in [1.807, 2.05) is 6.92 Å². The zero-order chi connectivity index (χ0) is 15.1. The van der Waals surface area contributed by atoms with Gasteiger partial charge in [-0.25, -0.2) is 17.5 Å². The van der Waals surface area contributed by atoms with Crippen LogP contribution in [0.2, 0.25) is 5.02 Å². The fourth-order valence-corrected chi connectivity index (χ4v) is 4.44. The van der Waals surface area contributed by atoms with Gasteiger partial charge in [-0.05, 0) is 40.8 Å². The zero-order valence-corrected chi connectivity index (χ0v) is 13.9. The molecule has 1 fully saturated rings. The lowest BCUT2D eigenvalue weighted by Gasteiger charge is -2.18. The number of nitrogen functional groups attached to an aromatic ring is 1. The molecule has 0 bridgehead atoms. The summed E-state index contributed by atoms with van der Waals surface area (Å²) >= 11 is 8.87. The van der Waals surface area contributed by atoms with Crippen LogP contribution in [-0.2, 0) is 10.0 Å². The number of nitrogens with one attached hydrogen (secondary N) is 1. The molecule has 2 atom stereocenters. The summed E-state index contributed by atoms with van der Waals surface area (Å²) in [6.07, 6.45) is 2.67. The number of benzene rings is 1. The second-order valence-electron chi connectivity index (χ2n) is 5.03. The standard InChI is InChI=1S/C12H15BrClFN2O2S/c1-6-3-2-4-8(6)17-20(18,19)9-5-7(14)10(13)12(16)11(9)15/h5-6,8,17H,2-4,16H2,1H3. The van der Waals surface area contributed by atoms with Crippen molar-refractivity contribution in [2.45, 2.75) is 37.1 Å². The highest BCUT2D eigenvalue weighted by atomic mass is 79.9. The Morgan fingerprint density at radius 3 is 2.70 bits per heavy atom. The van der Waals surface area contributed by atoms with Crippen molar-refractivity contribution >= 4 is 43.2 Å². The Bertz CT molecular complexity index is 639. The molecule has 1 aliphatic carbocycles. The van der Waals surface area contributed by atoms with Crippen molar-refractivity contribution in [3.8, 4) is 0 Å². The van der Waals surface area contributed by atoms with E-state index in [-0.39, 0.29) is 27.1 Å². The average molecular weight is 386 g/mol. The number of rotatable bonds is 3. The maximum absolute atomic E-state index is 14.1. The second-order valence-corrected chi connectivity index (χ2v) is 7.92. The SMILES string of the molecule is CC1CCCC1NS(=O)(=O)c1cc(Cl)c(Br)c(N)c1F. The summed E-state index contributed by atoms with van der Waals surface area (Å²) in [5, 5.41) is 0.0590. The van der Waals surface area contributed by atoms with E-state index in [1.54, 1.807) is 0 Å². The predicted molar refractivity (Wildman–Crippen MR) is 80.6 cm³/mol. The second kappa shape index (κ2) is 5.79. The molecule has 4 nitrogen and oxygen atoms in total. The number of anilines is 1. The predicted octanol–water partition coefficient (Wildman–Crippen LogP) is 3.29. The molecule has 112 valence electrons. The highest BCUT2D eigenvalue weighted by Gasteiger charge is 2.31. The molecule has 20 heavy (non-hydrogen) atoms.